The van der Waals surface area contributed by atoms with E-state index in [4.69, 9.17) is 45.2 Å². The van der Waals surface area contributed by atoms with Crippen LogP contribution < -0.4 is 16.8 Å². The molecule has 2 rings (SSSR count). The van der Waals surface area contributed by atoms with E-state index in [-0.39, 0.29) is 46.6 Å². The molecule has 0 saturated carbocycles. The van der Waals surface area contributed by atoms with E-state index in [0.29, 0.717) is 10.5 Å². The van der Waals surface area contributed by atoms with Crippen molar-refractivity contribution in [1.82, 2.24) is 4.90 Å². The van der Waals surface area contributed by atoms with Crippen molar-refractivity contribution in [3.63, 3.8) is 0 Å². The van der Waals surface area contributed by atoms with E-state index in [1.165, 1.54) is 12.1 Å². The fourth-order valence-electron chi connectivity index (χ4n) is 3.28. The van der Waals surface area contributed by atoms with Gasteiger partial charge in [0.1, 0.15) is 11.8 Å². The maximum absolute atomic E-state index is 13.0. The van der Waals surface area contributed by atoms with Crippen LogP contribution in [0.5, 0.6) is 0 Å². The number of benzene rings is 2. The van der Waals surface area contributed by atoms with Gasteiger partial charge >= 0.3 is 12.1 Å². The molecule has 1 amide bonds. The minimum atomic E-state index is -4.49. The Balaban J connectivity index is 2.20. The predicted octanol–water partition coefficient (Wildman–Crippen LogP) is 3.60. The summed E-state index contributed by atoms with van der Waals surface area (Å²) in [6.07, 6.45) is -4.50. The summed E-state index contributed by atoms with van der Waals surface area (Å²) in [5.41, 5.74) is 10.5. The van der Waals surface area contributed by atoms with Gasteiger partial charge in [-0.05, 0) is 36.6 Å². The number of nitrogens with zero attached hydrogens (tertiary/aromatic N) is 1. The zero-order chi connectivity index (χ0) is 29.7. The van der Waals surface area contributed by atoms with E-state index in [1.807, 2.05) is 0 Å². The maximum atomic E-state index is 13.0. The number of carboxylic acids is 1. The summed E-state index contributed by atoms with van der Waals surface area (Å²) in [5, 5.41) is 18.8. The van der Waals surface area contributed by atoms with E-state index in [0.717, 1.165) is 18.2 Å². The summed E-state index contributed by atoms with van der Waals surface area (Å²) in [6, 6.07) is 4.10. The average Bonchev–Trinajstić information content (AvgIpc) is 2.82. The Morgan fingerprint density at radius 1 is 1.21 bits per heavy atom. The number of amides is 1. The molecule has 17 heteroatoms. The zero-order valence-corrected chi connectivity index (χ0v) is 23.1. The molecule has 7 N–H and O–H groups in total. The lowest BCUT2D eigenvalue weighted by Crippen LogP contribution is -2.45. The number of guanidine groups is 1. The number of carboxylic acid groups (broad SMARTS) is 1. The fraction of sp³-hybridized carbons (Fsp3) is 0.318. The highest BCUT2D eigenvalue weighted by Gasteiger charge is 2.31. The van der Waals surface area contributed by atoms with Gasteiger partial charge in [-0.15, -0.1) is 12.6 Å². The van der Waals surface area contributed by atoms with E-state index >= 15 is 0 Å². The largest absolute Gasteiger partial charge is 0.480 e. The van der Waals surface area contributed by atoms with Gasteiger partial charge in [-0.1, -0.05) is 35.3 Å². The van der Waals surface area contributed by atoms with Gasteiger partial charge in [0.15, 0.2) is 15.8 Å². The zero-order valence-electron chi connectivity index (χ0n) is 19.9. The molecule has 1 unspecified atom stereocenters. The Morgan fingerprint density at radius 3 is 2.31 bits per heavy atom. The number of carbonyl (C=O) groups excluding carboxylic acids is 1. The summed E-state index contributed by atoms with van der Waals surface area (Å²) < 4.78 is 64.3. The first kappa shape index (κ1) is 32.5. The molecule has 0 aromatic heterocycles. The Kier molecular flexibility index (Phi) is 10.9. The van der Waals surface area contributed by atoms with E-state index in [2.05, 4.69) is 17.9 Å². The molecule has 0 spiro atoms. The molecule has 1 atom stereocenters. The van der Waals surface area contributed by atoms with Crippen molar-refractivity contribution in [2.75, 3.05) is 17.6 Å². The molecule has 0 aliphatic heterocycles. The van der Waals surface area contributed by atoms with Crippen molar-refractivity contribution in [1.29, 1.82) is 5.41 Å². The van der Waals surface area contributed by atoms with Crippen LogP contribution in [0.4, 0.5) is 18.9 Å². The molecular formula is C22H24Cl2F3N5O5S2. The third-order valence-electron chi connectivity index (χ3n) is 5.36. The summed E-state index contributed by atoms with van der Waals surface area (Å²) >= 11 is 16.7. The number of aliphatic carboxylic acids is 1. The highest BCUT2D eigenvalue weighted by atomic mass is 35.5. The second-order valence-electron chi connectivity index (χ2n) is 8.22. The standard InChI is InChI=1S/C22H24Cl2F3N5O5S2/c23-13-8-15(39(36,37)10-16(33)32(21(29)30)7-1-2-14(28)20(34)35)17(24)19(38)18(13)31-9-11-3-5-12(6-4-11)22(25,26)27/h3-6,8,14,31,38H,1-2,7,9-10,28H2,(H3,29,30)(H,34,35). The molecule has 39 heavy (non-hydrogen) atoms. The second-order valence-corrected chi connectivity index (χ2v) is 11.4. The minimum absolute atomic E-state index is 0.00539. The lowest BCUT2D eigenvalue weighted by molar-refractivity contribution is -0.139. The SMILES string of the molecule is N=C(N)N(CCCC(N)C(=O)O)C(=O)CS(=O)(=O)c1cc(Cl)c(NCc2ccc(C(F)(F)F)cc2)c(S)c1Cl. The van der Waals surface area contributed by atoms with Crippen LogP contribution in [0.1, 0.15) is 24.0 Å². The molecule has 2 aromatic carbocycles. The van der Waals surface area contributed by atoms with E-state index < -0.39 is 56.1 Å². The molecule has 0 aliphatic carbocycles. The molecule has 0 saturated heterocycles. The first-order valence-electron chi connectivity index (χ1n) is 10.9. The summed E-state index contributed by atoms with van der Waals surface area (Å²) in [7, 11) is -4.43. The quantitative estimate of drug-likeness (QED) is 0.124. The van der Waals surface area contributed by atoms with Crippen molar-refractivity contribution in [3.05, 3.63) is 51.5 Å². The van der Waals surface area contributed by atoms with Crippen LogP contribution >= 0.6 is 35.8 Å². The molecule has 0 bridgehead atoms. The fourth-order valence-corrected chi connectivity index (χ4v) is 5.88. The smallest absolute Gasteiger partial charge is 0.416 e. The van der Waals surface area contributed by atoms with Crippen LogP contribution in [0.2, 0.25) is 10.0 Å². The van der Waals surface area contributed by atoms with Gasteiger partial charge in [-0.2, -0.15) is 13.2 Å². The Hall–Kier alpha value is -2.72. The van der Waals surface area contributed by atoms with Crippen LogP contribution in [0.3, 0.4) is 0 Å². The molecule has 2 aromatic rings. The van der Waals surface area contributed by atoms with Crippen molar-refractivity contribution in [2.45, 2.75) is 41.4 Å². The van der Waals surface area contributed by atoms with Crippen LogP contribution in [0.15, 0.2) is 40.1 Å². The number of nitrogens with two attached hydrogens (primary N) is 2. The third-order valence-corrected chi connectivity index (χ3v) is 8.36. The molecular weight excluding hydrogens is 606 g/mol. The van der Waals surface area contributed by atoms with Gasteiger partial charge in [-0.3, -0.25) is 19.9 Å². The maximum Gasteiger partial charge on any atom is 0.416 e. The number of sulfone groups is 1. The molecule has 10 nitrogen and oxygen atoms in total. The number of carbonyl (C=O) groups is 2. The average molecular weight is 630 g/mol. The number of hydrogen-bond donors (Lipinski definition) is 6. The number of alkyl halides is 3. The van der Waals surface area contributed by atoms with E-state index in [9.17, 15) is 31.2 Å². The Bertz CT molecular complexity index is 1360. The number of thiol groups is 1. The van der Waals surface area contributed by atoms with E-state index in [1.54, 1.807) is 0 Å². The molecule has 0 radical (unpaired) electrons. The summed E-state index contributed by atoms with van der Waals surface area (Å²) in [6.45, 7) is -0.241. The van der Waals surface area contributed by atoms with Crippen LogP contribution in [0.25, 0.3) is 0 Å². The second kappa shape index (κ2) is 13.1. The summed E-state index contributed by atoms with van der Waals surface area (Å²) in [4.78, 5) is 23.6. The first-order valence-corrected chi connectivity index (χ1v) is 13.8. The first-order chi connectivity index (χ1) is 18.0. The number of nitrogens with one attached hydrogen (secondary N) is 2. The number of rotatable bonds is 11. The van der Waals surface area contributed by atoms with Gasteiger partial charge in [0, 0.05) is 18.0 Å². The Morgan fingerprint density at radius 2 is 1.79 bits per heavy atom. The van der Waals surface area contributed by atoms with Gasteiger partial charge < -0.3 is 21.9 Å². The van der Waals surface area contributed by atoms with Gasteiger partial charge in [-0.25, -0.2) is 8.42 Å². The van der Waals surface area contributed by atoms with Crippen LogP contribution in [-0.2, 0) is 32.1 Å². The summed E-state index contributed by atoms with van der Waals surface area (Å²) in [5.74, 6) is -4.21. The van der Waals surface area contributed by atoms with Gasteiger partial charge in [0.2, 0.25) is 5.91 Å². The third kappa shape index (κ3) is 8.63. The number of halogens is 5. The predicted molar refractivity (Wildman–Crippen MR) is 143 cm³/mol. The highest BCUT2D eigenvalue weighted by molar-refractivity contribution is 7.92. The number of hydrogen-bond acceptors (Lipinski definition) is 8. The normalized spacial score (nSPS) is 12.6. The van der Waals surface area contributed by atoms with Crippen LogP contribution in [0, 0.1) is 5.41 Å². The highest BCUT2D eigenvalue weighted by Crippen LogP contribution is 2.40. The van der Waals surface area contributed by atoms with Crippen LogP contribution in [-0.4, -0.2) is 54.6 Å². The van der Waals surface area contributed by atoms with Crippen molar-refractivity contribution in [2.24, 2.45) is 11.5 Å². The minimum Gasteiger partial charge on any atom is -0.480 e. The topological polar surface area (TPSA) is 180 Å². The van der Waals surface area contributed by atoms with Crippen molar-refractivity contribution in [3.8, 4) is 0 Å². The lowest BCUT2D eigenvalue weighted by Gasteiger charge is -2.21. The lowest BCUT2D eigenvalue weighted by atomic mass is 10.1. The Labute approximate surface area is 237 Å². The number of anilines is 1. The molecule has 0 fully saturated rings. The molecule has 214 valence electrons. The molecule has 0 aliphatic rings. The van der Waals surface area contributed by atoms with Gasteiger partial charge in [0.25, 0.3) is 0 Å². The molecule has 0 heterocycles. The van der Waals surface area contributed by atoms with Gasteiger partial charge in [0.05, 0.1) is 26.2 Å². The van der Waals surface area contributed by atoms with Crippen molar-refractivity contribution < 1.29 is 36.3 Å². The van der Waals surface area contributed by atoms with Crippen molar-refractivity contribution >= 4 is 69.2 Å². The monoisotopic (exact) mass is 629 g/mol.